The molecule has 1 fully saturated rings. The van der Waals surface area contributed by atoms with Crippen LogP contribution in [0.3, 0.4) is 0 Å². The second kappa shape index (κ2) is 12.6. The Morgan fingerprint density at radius 3 is 2.48 bits per heavy atom. The molecule has 0 saturated carbocycles. The topological polar surface area (TPSA) is 69.1 Å². The molecule has 2 atom stereocenters. The summed E-state index contributed by atoms with van der Waals surface area (Å²) in [4.78, 5) is 7.15. The molecule has 1 aromatic rings. The Kier molecular flexibility index (Phi) is 10.1. The van der Waals surface area contributed by atoms with Gasteiger partial charge in [-0.3, -0.25) is 4.99 Å². The molecule has 3 N–H and O–H groups in total. The van der Waals surface area contributed by atoms with Crippen molar-refractivity contribution in [2.24, 2.45) is 10.9 Å². The van der Waals surface area contributed by atoms with E-state index in [-0.39, 0.29) is 12.3 Å². The molecule has 0 radical (unpaired) electrons. The first-order valence-corrected chi connectivity index (χ1v) is 10.4. The molecule has 2 unspecified atom stereocenters. The van der Waals surface area contributed by atoms with Gasteiger partial charge in [0.1, 0.15) is 5.75 Å². The molecule has 0 amide bonds. The first-order valence-electron chi connectivity index (χ1n) is 10.4. The molecule has 6 nitrogen and oxygen atoms in total. The number of guanidine groups is 1. The number of hydrogen-bond donors (Lipinski definition) is 3. The van der Waals surface area contributed by atoms with Crippen LogP contribution in [0.1, 0.15) is 44.8 Å². The quantitative estimate of drug-likeness (QED) is 0.407. The number of rotatable bonds is 10. The van der Waals surface area contributed by atoms with E-state index in [1.54, 1.807) is 12.1 Å². The Morgan fingerprint density at radius 2 is 1.86 bits per heavy atom. The molecule has 29 heavy (non-hydrogen) atoms. The first-order chi connectivity index (χ1) is 14.0. The molecule has 1 aliphatic heterocycles. The normalized spacial score (nSPS) is 17.8. The van der Waals surface area contributed by atoms with Gasteiger partial charge in [0.25, 0.3) is 0 Å². The van der Waals surface area contributed by atoms with Crippen molar-refractivity contribution < 1.29 is 18.6 Å². The molecular weight excluding hydrogens is 378 g/mol. The van der Waals surface area contributed by atoms with Crippen molar-refractivity contribution in [3.8, 4) is 5.75 Å². The standard InChI is InChI=1S/C21H34F2N4O2/c1-3-24-21(25-13-16(2)15-27-11-5-4-6-12-27)26-14-19(28)17-7-9-18(10-8-17)29-20(22)23/h7-10,16,19-20,28H,3-6,11-15H2,1-2H3,(H2,24,25,26). The van der Waals surface area contributed by atoms with Gasteiger partial charge < -0.3 is 25.4 Å². The van der Waals surface area contributed by atoms with E-state index in [0.717, 1.165) is 13.1 Å². The lowest BCUT2D eigenvalue weighted by atomic mass is 10.1. The highest BCUT2D eigenvalue weighted by atomic mass is 19.3. The molecule has 1 saturated heterocycles. The number of benzene rings is 1. The van der Waals surface area contributed by atoms with Crippen LogP contribution in [0.2, 0.25) is 0 Å². The van der Waals surface area contributed by atoms with E-state index in [4.69, 9.17) is 0 Å². The Labute approximate surface area is 172 Å². The minimum Gasteiger partial charge on any atom is -0.435 e. The number of alkyl halides is 2. The third-order valence-electron chi connectivity index (χ3n) is 4.88. The molecule has 164 valence electrons. The maximum absolute atomic E-state index is 12.2. The van der Waals surface area contributed by atoms with Crippen LogP contribution < -0.4 is 15.4 Å². The summed E-state index contributed by atoms with van der Waals surface area (Å²) in [5.74, 6) is 1.19. The maximum Gasteiger partial charge on any atom is 0.387 e. The van der Waals surface area contributed by atoms with Gasteiger partial charge in [-0.05, 0) is 56.5 Å². The SMILES string of the molecule is CCNC(=NCC(C)CN1CCCCC1)NCC(O)c1ccc(OC(F)F)cc1. The van der Waals surface area contributed by atoms with Crippen molar-refractivity contribution in [1.29, 1.82) is 0 Å². The fourth-order valence-corrected chi connectivity index (χ4v) is 3.41. The number of aliphatic hydroxyl groups is 1. The Morgan fingerprint density at radius 1 is 1.17 bits per heavy atom. The monoisotopic (exact) mass is 412 g/mol. The third-order valence-corrected chi connectivity index (χ3v) is 4.88. The summed E-state index contributed by atoms with van der Waals surface area (Å²) in [5.41, 5.74) is 0.619. The van der Waals surface area contributed by atoms with E-state index in [2.05, 4.69) is 32.2 Å². The molecule has 0 bridgehead atoms. The van der Waals surface area contributed by atoms with E-state index in [9.17, 15) is 13.9 Å². The molecule has 0 spiro atoms. The second-order valence-corrected chi connectivity index (χ2v) is 7.53. The summed E-state index contributed by atoms with van der Waals surface area (Å²) in [7, 11) is 0. The summed E-state index contributed by atoms with van der Waals surface area (Å²) < 4.78 is 28.8. The average molecular weight is 413 g/mol. The second-order valence-electron chi connectivity index (χ2n) is 7.53. The van der Waals surface area contributed by atoms with Gasteiger partial charge in [-0.1, -0.05) is 25.5 Å². The molecule has 1 heterocycles. The van der Waals surface area contributed by atoms with Gasteiger partial charge in [0, 0.05) is 26.2 Å². The summed E-state index contributed by atoms with van der Waals surface area (Å²) in [5, 5.41) is 16.7. The van der Waals surface area contributed by atoms with Gasteiger partial charge in [0.15, 0.2) is 5.96 Å². The lowest BCUT2D eigenvalue weighted by molar-refractivity contribution is -0.0498. The highest BCUT2D eigenvalue weighted by molar-refractivity contribution is 5.79. The summed E-state index contributed by atoms with van der Waals surface area (Å²) >= 11 is 0. The molecule has 1 aromatic carbocycles. The lowest BCUT2D eigenvalue weighted by Crippen LogP contribution is -2.40. The largest absolute Gasteiger partial charge is 0.435 e. The Hall–Kier alpha value is -1.93. The number of likely N-dealkylation sites (tertiary alicyclic amines) is 1. The van der Waals surface area contributed by atoms with Crippen molar-refractivity contribution in [3.63, 3.8) is 0 Å². The maximum atomic E-state index is 12.2. The number of nitrogens with one attached hydrogen (secondary N) is 2. The third kappa shape index (κ3) is 8.95. The van der Waals surface area contributed by atoms with Gasteiger partial charge in [-0.2, -0.15) is 8.78 Å². The van der Waals surface area contributed by atoms with E-state index < -0.39 is 12.7 Å². The Balaban J connectivity index is 1.81. The average Bonchev–Trinajstić information content (AvgIpc) is 2.70. The number of ether oxygens (including phenoxy) is 1. The summed E-state index contributed by atoms with van der Waals surface area (Å²) in [6, 6.07) is 6.00. The van der Waals surface area contributed by atoms with Crippen LogP contribution in [0.15, 0.2) is 29.3 Å². The van der Waals surface area contributed by atoms with E-state index >= 15 is 0 Å². The number of aliphatic hydroxyl groups excluding tert-OH is 1. The van der Waals surface area contributed by atoms with Gasteiger partial charge in [0.2, 0.25) is 0 Å². The van der Waals surface area contributed by atoms with Crippen LogP contribution in [0.25, 0.3) is 0 Å². The Bertz CT molecular complexity index is 607. The zero-order valence-electron chi connectivity index (χ0n) is 17.4. The number of nitrogens with zero attached hydrogens (tertiary/aromatic N) is 2. The fourth-order valence-electron chi connectivity index (χ4n) is 3.41. The van der Waals surface area contributed by atoms with Crippen molar-refractivity contribution in [1.82, 2.24) is 15.5 Å². The van der Waals surface area contributed by atoms with Crippen molar-refractivity contribution in [3.05, 3.63) is 29.8 Å². The summed E-state index contributed by atoms with van der Waals surface area (Å²) in [6.45, 7) is 6.46. The first kappa shape index (κ1) is 23.3. The van der Waals surface area contributed by atoms with Gasteiger partial charge >= 0.3 is 6.61 Å². The minimum absolute atomic E-state index is 0.0708. The van der Waals surface area contributed by atoms with Crippen LogP contribution in [0, 0.1) is 5.92 Å². The predicted octanol–water partition coefficient (Wildman–Crippen LogP) is 3.00. The predicted molar refractivity (Wildman–Crippen MR) is 111 cm³/mol. The van der Waals surface area contributed by atoms with E-state index in [1.165, 1.54) is 44.5 Å². The molecule has 0 aromatic heterocycles. The number of hydrogen-bond acceptors (Lipinski definition) is 4. The molecule has 0 aliphatic carbocycles. The van der Waals surface area contributed by atoms with Crippen LogP contribution in [0.4, 0.5) is 8.78 Å². The van der Waals surface area contributed by atoms with E-state index in [1.807, 2.05) is 6.92 Å². The minimum atomic E-state index is -2.86. The zero-order chi connectivity index (χ0) is 21.1. The molecule has 2 rings (SSSR count). The van der Waals surface area contributed by atoms with Crippen molar-refractivity contribution in [2.75, 3.05) is 39.3 Å². The molecular formula is C21H34F2N4O2. The van der Waals surface area contributed by atoms with Crippen molar-refractivity contribution in [2.45, 2.75) is 45.8 Å². The smallest absolute Gasteiger partial charge is 0.387 e. The van der Waals surface area contributed by atoms with E-state index in [0.29, 0.717) is 24.0 Å². The highest BCUT2D eigenvalue weighted by Crippen LogP contribution is 2.19. The molecule has 8 heteroatoms. The number of aliphatic imine (C=N–C) groups is 1. The van der Waals surface area contributed by atoms with Gasteiger partial charge in [-0.25, -0.2) is 0 Å². The fraction of sp³-hybridized carbons (Fsp3) is 0.667. The number of piperidine rings is 1. The number of halogens is 2. The van der Waals surface area contributed by atoms with Crippen LogP contribution in [-0.4, -0.2) is 61.8 Å². The highest BCUT2D eigenvalue weighted by Gasteiger charge is 2.14. The summed E-state index contributed by atoms with van der Waals surface area (Å²) in [6.07, 6.45) is 3.12. The lowest BCUT2D eigenvalue weighted by Gasteiger charge is -2.28. The van der Waals surface area contributed by atoms with Crippen LogP contribution in [-0.2, 0) is 0 Å². The van der Waals surface area contributed by atoms with Crippen molar-refractivity contribution >= 4 is 5.96 Å². The van der Waals surface area contributed by atoms with Gasteiger partial charge in [-0.15, -0.1) is 0 Å². The molecule has 1 aliphatic rings. The van der Waals surface area contributed by atoms with Gasteiger partial charge in [0.05, 0.1) is 6.10 Å². The van der Waals surface area contributed by atoms with Crippen LogP contribution >= 0.6 is 0 Å². The zero-order valence-corrected chi connectivity index (χ0v) is 17.4. The van der Waals surface area contributed by atoms with Crippen LogP contribution in [0.5, 0.6) is 5.75 Å².